The number of thioether (sulfide) groups is 1. The molecule has 0 unspecified atom stereocenters. The van der Waals surface area contributed by atoms with Gasteiger partial charge in [-0.3, -0.25) is 14.6 Å². The highest BCUT2D eigenvalue weighted by molar-refractivity contribution is 7.99. The number of nitrogens with zero attached hydrogens (tertiary/aromatic N) is 2. The van der Waals surface area contributed by atoms with Gasteiger partial charge >= 0.3 is 0 Å². The zero-order valence-electron chi connectivity index (χ0n) is 13.0. The second-order valence-electron chi connectivity index (χ2n) is 5.43. The van der Waals surface area contributed by atoms with Crippen molar-refractivity contribution in [2.45, 2.75) is 26.3 Å². The van der Waals surface area contributed by atoms with Crippen LogP contribution < -0.4 is 5.32 Å². The van der Waals surface area contributed by atoms with Crippen LogP contribution in [0.3, 0.4) is 0 Å². The number of carbonyl (C=O) groups is 2. The average Bonchev–Trinajstić information content (AvgIpc) is 2.89. The van der Waals surface area contributed by atoms with Gasteiger partial charge in [-0.15, -0.1) is 0 Å². The predicted octanol–water partition coefficient (Wildman–Crippen LogP) is 1.69. The Kier molecular flexibility index (Phi) is 6.71. The molecular formula is C16H23N3O2S. The van der Waals surface area contributed by atoms with E-state index in [4.69, 9.17) is 0 Å². The lowest BCUT2D eigenvalue weighted by molar-refractivity contribution is -0.129. The van der Waals surface area contributed by atoms with Gasteiger partial charge in [0.25, 0.3) is 0 Å². The molecule has 0 aromatic carbocycles. The Balaban J connectivity index is 1.75. The molecule has 2 heterocycles. The molecule has 1 atom stereocenters. The summed E-state index contributed by atoms with van der Waals surface area (Å²) >= 11 is 1.84. The van der Waals surface area contributed by atoms with E-state index in [1.807, 2.05) is 23.9 Å². The van der Waals surface area contributed by atoms with Crippen molar-refractivity contribution in [1.82, 2.24) is 15.2 Å². The fourth-order valence-electron chi connectivity index (χ4n) is 2.45. The fraction of sp³-hybridized carbons (Fsp3) is 0.562. The zero-order chi connectivity index (χ0) is 15.8. The van der Waals surface area contributed by atoms with Gasteiger partial charge in [-0.1, -0.05) is 6.92 Å². The van der Waals surface area contributed by atoms with E-state index >= 15 is 0 Å². The fourth-order valence-corrected chi connectivity index (χ4v) is 3.19. The van der Waals surface area contributed by atoms with Gasteiger partial charge in [0.15, 0.2) is 0 Å². The van der Waals surface area contributed by atoms with Crippen LogP contribution in [-0.4, -0.2) is 46.3 Å². The largest absolute Gasteiger partial charge is 0.355 e. The molecular weight excluding hydrogens is 298 g/mol. The molecule has 22 heavy (non-hydrogen) atoms. The molecule has 1 aliphatic rings. The molecule has 6 heteroatoms. The van der Waals surface area contributed by atoms with Gasteiger partial charge in [0, 0.05) is 44.2 Å². The van der Waals surface area contributed by atoms with Crippen LogP contribution in [0.5, 0.6) is 0 Å². The van der Waals surface area contributed by atoms with E-state index in [9.17, 15) is 9.59 Å². The number of rotatable bonds is 8. The lowest BCUT2D eigenvalue weighted by Crippen LogP contribution is -2.34. The Hall–Kier alpha value is -1.56. The maximum absolute atomic E-state index is 12.1. The molecule has 2 rings (SSSR count). The van der Waals surface area contributed by atoms with Crippen molar-refractivity contribution in [1.29, 1.82) is 0 Å². The minimum absolute atomic E-state index is 0.00248. The first-order valence-corrected chi connectivity index (χ1v) is 8.88. The van der Waals surface area contributed by atoms with E-state index in [-0.39, 0.29) is 17.7 Å². The van der Waals surface area contributed by atoms with E-state index in [1.54, 1.807) is 17.3 Å². The topological polar surface area (TPSA) is 62.3 Å². The minimum Gasteiger partial charge on any atom is -0.355 e. The first-order valence-electron chi connectivity index (χ1n) is 7.73. The molecule has 0 bridgehead atoms. The smallest absolute Gasteiger partial charge is 0.225 e. The summed E-state index contributed by atoms with van der Waals surface area (Å²) in [6, 6.07) is 3.79. The highest BCUT2D eigenvalue weighted by Gasteiger charge is 2.33. The predicted molar refractivity (Wildman–Crippen MR) is 88.4 cm³/mol. The molecule has 0 spiro atoms. The van der Waals surface area contributed by atoms with Crippen molar-refractivity contribution in [2.24, 2.45) is 5.92 Å². The highest BCUT2D eigenvalue weighted by Crippen LogP contribution is 2.20. The SMILES string of the molecule is CCCSCCNC(=O)[C@H]1CC(=O)N(Cc2ccncc2)C1. The number of carbonyl (C=O) groups excluding carboxylic acids is 2. The minimum atomic E-state index is -0.217. The van der Waals surface area contributed by atoms with Gasteiger partial charge in [-0.2, -0.15) is 11.8 Å². The Labute approximate surface area is 135 Å². The third-order valence-electron chi connectivity index (χ3n) is 3.60. The van der Waals surface area contributed by atoms with Gasteiger partial charge in [0.1, 0.15) is 0 Å². The van der Waals surface area contributed by atoms with Crippen LogP contribution in [0.1, 0.15) is 25.3 Å². The molecule has 120 valence electrons. The van der Waals surface area contributed by atoms with Crippen molar-refractivity contribution < 1.29 is 9.59 Å². The Bertz CT molecular complexity index is 495. The molecule has 1 aromatic heterocycles. The molecule has 1 aromatic rings. The van der Waals surface area contributed by atoms with Crippen molar-refractivity contribution in [3.05, 3.63) is 30.1 Å². The Morgan fingerprint density at radius 3 is 2.91 bits per heavy atom. The second kappa shape index (κ2) is 8.78. The Morgan fingerprint density at radius 2 is 2.18 bits per heavy atom. The molecule has 1 fully saturated rings. The van der Waals surface area contributed by atoms with Crippen LogP contribution in [0.25, 0.3) is 0 Å². The number of amides is 2. The van der Waals surface area contributed by atoms with Gasteiger partial charge in [-0.25, -0.2) is 0 Å². The lowest BCUT2D eigenvalue weighted by atomic mass is 10.1. The number of hydrogen-bond donors (Lipinski definition) is 1. The summed E-state index contributed by atoms with van der Waals surface area (Å²) in [4.78, 5) is 29.9. The first-order chi connectivity index (χ1) is 10.7. The molecule has 0 aliphatic carbocycles. The molecule has 5 nitrogen and oxygen atoms in total. The third kappa shape index (κ3) is 5.02. The number of nitrogens with one attached hydrogen (secondary N) is 1. The maximum Gasteiger partial charge on any atom is 0.225 e. The third-order valence-corrected chi connectivity index (χ3v) is 4.79. The summed E-state index contributed by atoms with van der Waals surface area (Å²) in [5.74, 6) is 1.89. The zero-order valence-corrected chi connectivity index (χ0v) is 13.8. The van der Waals surface area contributed by atoms with Crippen molar-refractivity contribution >= 4 is 23.6 Å². The molecule has 0 radical (unpaired) electrons. The van der Waals surface area contributed by atoms with Crippen LogP contribution in [0.15, 0.2) is 24.5 Å². The van der Waals surface area contributed by atoms with Crippen LogP contribution >= 0.6 is 11.8 Å². The number of likely N-dealkylation sites (tertiary alicyclic amines) is 1. The lowest BCUT2D eigenvalue weighted by Gasteiger charge is -2.16. The number of pyridine rings is 1. The molecule has 0 saturated carbocycles. The van der Waals surface area contributed by atoms with Crippen molar-refractivity contribution in [3.8, 4) is 0 Å². The first kappa shape index (κ1) is 16.8. The Morgan fingerprint density at radius 1 is 1.41 bits per heavy atom. The highest BCUT2D eigenvalue weighted by atomic mass is 32.2. The quantitative estimate of drug-likeness (QED) is 0.740. The molecule has 1 aliphatic heterocycles. The molecule has 1 saturated heterocycles. The summed E-state index contributed by atoms with van der Waals surface area (Å²) in [5, 5.41) is 2.94. The van der Waals surface area contributed by atoms with Crippen molar-refractivity contribution in [3.63, 3.8) is 0 Å². The standard InChI is InChI=1S/C16H23N3O2S/c1-2-8-22-9-7-18-16(21)14-10-15(20)19(12-14)11-13-3-5-17-6-4-13/h3-6,14H,2,7-12H2,1H3,(H,18,21)/t14-/m0/s1. The van der Waals surface area contributed by atoms with Gasteiger partial charge in [0.05, 0.1) is 5.92 Å². The van der Waals surface area contributed by atoms with Crippen LogP contribution in [0, 0.1) is 5.92 Å². The van der Waals surface area contributed by atoms with E-state index in [1.165, 1.54) is 0 Å². The van der Waals surface area contributed by atoms with Crippen LogP contribution in [0.2, 0.25) is 0 Å². The van der Waals surface area contributed by atoms with E-state index in [2.05, 4.69) is 17.2 Å². The van der Waals surface area contributed by atoms with Crippen molar-refractivity contribution in [2.75, 3.05) is 24.6 Å². The van der Waals surface area contributed by atoms with E-state index < -0.39 is 0 Å². The molecule has 2 amide bonds. The van der Waals surface area contributed by atoms with E-state index in [0.29, 0.717) is 26.1 Å². The number of aromatic nitrogens is 1. The molecule has 1 N–H and O–H groups in total. The van der Waals surface area contributed by atoms with E-state index in [0.717, 1.165) is 23.5 Å². The normalized spacial score (nSPS) is 17.8. The summed E-state index contributed by atoms with van der Waals surface area (Å²) in [7, 11) is 0. The van der Waals surface area contributed by atoms with Crippen LogP contribution in [-0.2, 0) is 16.1 Å². The monoisotopic (exact) mass is 321 g/mol. The summed E-state index contributed by atoms with van der Waals surface area (Å²) in [6.07, 6.45) is 4.90. The average molecular weight is 321 g/mol. The van der Waals surface area contributed by atoms with Gasteiger partial charge in [0.2, 0.25) is 11.8 Å². The van der Waals surface area contributed by atoms with Crippen LogP contribution in [0.4, 0.5) is 0 Å². The van der Waals surface area contributed by atoms with Gasteiger partial charge < -0.3 is 10.2 Å². The second-order valence-corrected chi connectivity index (χ2v) is 6.66. The maximum atomic E-state index is 12.1. The summed E-state index contributed by atoms with van der Waals surface area (Å²) in [6.45, 7) is 3.89. The summed E-state index contributed by atoms with van der Waals surface area (Å²) < 4.78 is 0. The summed E-state index contributed by atoms with van der Waals surface area (Å²) in [5.41, 5.74) is 1.04. The van der Waals surface area contributed by atoms with Gasteiger partial charge in [-0.05, 0) is 29.9 Å². The number of hydrogen-bond acceptors (Lipinski definition) is 4.